The fourth-order valence-electron chi connectivity index (χ4n) is 4.75. The van der Waals surface area contributed by atoms with Crippen LogP contribution >= 0.6 is 23.1 Å². The SMILES string of the molecule is CCCCOc1ccc(C2/C(=C(/O)c3ccc(OCC)cc3)C(=O)C(=O)N2c2nnc(SCc3ccccc3)s2)cc1OC. The summed E-state index contributed by atoms with van der Waals surface area (Å²) in [6.07, 6.45) is 1.86. The average Bonchev–Trinajstić information content (AvgIpc) is 3.62. The third-order valence-electron chi connectivity index (χ3n) is 6.95. The predicted molar refractivity (Wildman–Crippen MR) is 172 cm³/mol. The Kier molecular flexibility index (Phi) is 10.2. The van der Waals surface area contributed by atoms with Crippen LogP contribution in [0.3, 0.4) is 0 Å². The van der Waals surface area contributed by atoms with E-state index < -0.39 is 17.7 Å². The fourth-order valence-corrected chi connectivity index (χ4v) is 6.58. The summed E-state index contributed by atoms with van der Waals surface area (Å²) in [6.45, 7) is 4.97. The Morgan fingerprint density at radius 2 is 1.75 bits per heavy atom. The molecule has 1 aromatic heterocycles. The van der Waals surface area contributed by atoms with Gasteiger partial charge in [-0.2, -0.15) is 0 Å². The van der Waals surface area contributed by atoms with Gasteiger partial charge in [0, 0.05) is 11.3 Å². The summed E-state index contributed by atoms with van der Waals surface area (Å²) < 4.78 is 17.7. The minimum absolute atomic E-state index is 0.0606. The molecule has 1 fully saturated rings. The Labute approximate surface area is 264 Å². The molecule has 0 aliphatic carbocycles. The van der Waals surface area contributed by atoms with Gasteiger partial charge < -0.3 is 19.3 Å². The van der Waals surface area contributed by atoms with Crippen molar-refractivity contribution < 1.29 is 28.9 Å². The molecule has 0 bridgehead atoms. The van der Waals surface area contributed by atoms with Crippen molar-refractivity contribution in [3.63, 3.8) is 0 Å². The highest BCUT2D eigenvalue weighted by molar-refractivity contribution is 8.00. The third kappa shape index (κ3) is 6.74. The first-order valence-corrected chi connectivity index (χ1v) is 16.1. The molecule has 228 valence electrons. The highest BCUT2D eigenvalue weighted by atomic mass is 32.2. The minimum atomic E-state index is -0.986. The molecule has 0 radical (unpaired) electrons. The van der Waals surface area contributed by atoms with Gasteiger partial charge in [0.05, 0.1) is 31.9 Å². The number of anilines is 1. The third-order valence-corrected chi connectivity index (χ3v) is 9.08. The number of hydrogen-bond acceptors (Lipinski definition) is 10. The normalized spacial score (nSPS) is 15.9. The first-order chi connectivity index (χ1) is 21.4. The number of aromatic nitrogens is 2. The number of unbranched alkanes of at least 4 members (excludes halogenated alkanes) is 1. The number of aliphatic hydroxyl groups excluding tert-OH is 1. The summed E-state index contributed by atoms with van der Waals surface area (Å²) in [6, 6.07) is 20.9. The van der Waals surface area contributed by atoms with Crippen LogP contribution in [0.1, 0.15) is 49.4 Å². The van der Waals surface area contributed by atoms with Crippen molar-refractivity contribution >= 4 is 45.7 Å². The van der Waals surface area contributed by atoms with E-state index in [0.29, 0.717) is 51.7 Å². The molecule has 1 unspecified atom stereocenters. The zero-order chi connectivity index (χ0) is 31.1. The molecule has 2 heterocycles. The van der Waals surface area contributed by atoms with Gasteiger partial charge in [0.15, 0.2) is 15.8 Å². The number of carbonyl (C=O) groups is 2. The fraction of sp³-hybridized carbons (Fsp3) is 0.273. The Morgan fingerprint density at radius 3 is 2.45 bits per heavy atom. The zero-order valence-corrected chi connectivity index (χ0v) is 26.3. The quantitative estimate of drug-likeness (QED) is 0.0415. The van der Waals surface area contributed by atoms with E-state index in [2.05, 4.69) is 17.1 Å². The average molecular weight is 632 g/mol. The summed E-state index contributed by atoms with van der Waals surface area (Å²) in [5, 5.41) is 20.4. The molecule has 0 spiro atoms. The molecule has 9 nitrogen and oxygen atoms in total. The molecule has 1 aliphatic heterocycles. The van der Waals surface area contributed by atoms with Crippen LogP contribution in [-0.4, -0.2) is 47.3 Å². The molecule has 1 aliphatic rings. The van der Waals surface area contributed by atoms with Crippen molar-refractivity contribution in [1.82, 2.24) is 10.2 Å². The first-order valence-electron chi connectivity index (χ1n) is 14.3. The van der Waals surface area contributed by atoms with E-state index in [1.54, 1.807) is 42.5 Å². The Balaban J connectivity index is 1.56. The summed E-state index contributed by atoms with van der Waals surface area (Å²) >= 11 is 2.71. The molecule has 4 aromatic rings. The second-order valence-electron chi connectivity index (χ2n) is 9.86. The maximum Gasteiger partial charge on any atom is 0.301 e. The van der Waals surface area contributed by atoms with E-state index in [4.69, 9.17) is 14.2 Å². The van der Waals surface area contributed by atoms with Gasteiger partial charge in [-0.05, 0) is 60.9 Å². The highest BCUT2D eigenvalue weighted by Gasteiger charge is 2.48. The van der Waals surface area contributed by atoms with Crippen LogP contribution in [0.4, 0.5) is 5.13 Å². The molecular formula is C33H33N3O6S2. The van der Waals surface area contributed by atoms with Crippen molar-refractivity contribution in [2.24, 2.45) is 0 Å². The van der Waals surface area contributed by atoms with Crippen LogP contribution in [0.15, 0.2) is 82.7 Å². The van der Waals surface area contributed by atoms with Crippen molar-refractivity contribution in [2.45, 2.75) is 42.8 Å². The van der Waals surface area contributed by atoms with Gasteiger partial charge in [0.1, 0.15) is 11.5 Å². The highest BCUT2D eigenvalue weighted by Crippen LogP contribution is 2.45. The lowest BCUT2D eigenvalue weighted by atomic mass is 9.95. The molecule has 44 heavy (non-hydrogen) atoms. The summed E-state index contributed by atoms with van der Waals surface area (Å²) in [5.41, 5.74) is 1.98. The van der Waals surface area contributed by atoms with E-state index in [9.17, 15) is 14.7 Å². The number of ketones is 1. The van der Waals surface area contributed by atoms with Gasteiger partial charge in [0.25, 0.3) is 5.78 Å². The second kappa shape index (κ2) is 14.4. The van der Waals surface area contributed by atoms with E-state index in [0.717, 1.165) is 18.4 Å². The number of thioether (sulfide) groups is 1. The van der Waals surface area contributed by atoms with Crippen LogP contribution < -0.4 is 19.1 Å². The van der Waals surface area contributed by atoms with Crippen LogP contribution in [0.5, 0.6) is 17.2 Å². The van der Waals surface area contributed by atoms with Crippen LogP contribution in [0, 0.1) is 0 Å². The van der Waals surface area contributed by atoms with E-state index in [-0.39, 0.29) is 16.5 Å². The molecule has 0 saturated carbocycles. The first kappa shape index (κ1) is 31.1. The summed E-state index contributed by atoms with van der Waals surface area (Å²) in [5.74, 6) is 0.359. The van der Waals surface area contributed by atoms with Crippen molar-refractivity contribution in [3.05, 3.63) is 95.1 Å². The zero-order valence-electron chi connectivity index (χ0n) is 24.7. The Bertz CT molecular complexity index is 1640. The predicted octanol–water partition coefficient (Wildman–Crippen LogP) is 7.04. The molecule has 1 N–H and O–H groups in total. The van der Waals surface area contributed by atoms with Gasteiger partial charge in [-0.15, -0.1) is 10.2 Å². The lowest BCUT2D eigenvalue weighted by molar-refractivity contribution is -0.132. The minimum Gasteiger partial charge on any atom is -0.507 e. The number of hydrogen-bond donors (Lipinski definition) is 1. The van der Waals surface area contributed by atoms with E-state index in [1.807, 2.05) is 37.3 Å². The second-order valence-corrected chi connectivity index (χ2v) is 12.0. The van der Waals surface area contributed by atoms with E-state index in [1.165, 1.54) is 35.1 Å². The number of methoxy groups -OCH3 is 1. The number of rotatable bonds is 13. The maximum atomic E-state index is 13.6. The van der Waals surface area contributed by atoms with Crippen molar-refractivity contribution in [3.8, 4) is 17.2 Å². The number of nitrogens with zero attached hydrogens (tertiary/aromatic N) is 3. The number of amides is 1. The number of ether oxygens (including phenoxy) is 3. The molecule has 1 atom stereocenters. The van der Waals surface area contributed by atoms with Crippen LogP contribution in [0.25, 0.3) is 5.76 Å². The molecule has 1 amide bonds. The maximum absolute atomic E-state index is 13.6. The lowest BCUT2D eigenvalue weighted by Gasteiger charge is -2.23. The van der Waals surface area contributed by atoms with Gasteiger partial charge in [-0.3, -0.25) is 14.5 Å². The molecule has 5 rings (SSSR count). The number of benzene rings is 3. The number of Topliss-reactive ketones (excluding diaryl/α,β-unsaturated/α-hetero) is 1. The monoisotopic (exact) mass is 631 g/mol. The standard InChI is InChI=1S/C33H33N3O6S2/c1-4-6-18-42-25-17-14-23(19-26(25)40-3)28-27(29(37)22-12-15-24(16-13-22)41-5-2)30(38)31(39)36(28)32-34-35-33(44-32)43-20-21-10-8-7-9-11-21/h7-17,19,28,37H,4-6,18,20H2,1-3H3/b29-27-. The van der Waals surface area contributed by atoms with Crippen molar-refractivity contribution in [1.29, 1.82) is 0 Å². The van der Waals surface area contributed by atoms with Crippen LogP contribution in [0.2, 0.25) is 0 Å². The smallest absolute Gasteiger partial charge is 0.301 e. The lowest BCUT2D eigenvalue weighted by Crippen LogP contribution is -2.29. The molecule has 3 aromatic carbocycles. The Hall–Kier alpha value is -4.35. The van der Waals surface area contributed by atoms with Gasteiger partial charge in [0.2, 0.25) is 5.13 Å². The number of aliphatic hydroxyl groups is 1. The van der Waals surface area contributed by atoms with Gasteiger partial charge >= 0.3 is 5.91 Å². The van der Waals surface area contributed by atoms with Crippen LogP contribution in [-0.2, 0) is 15.3 Å². The largest absolute Gasteiger partial charge is 0.507 e. The van der Waals surface area contributed by atoms with Gasteiger partial charge in [-0.1, -0.05) is 72.8 Å². The van der Waals surface area contributed by atoms with Crippen molar-refractivity contribution in [2.75, 3.05) is 25.2 Å². The number of carbonyl (C=O) groups excluding carboxylic acids is 2. The Morgan fingerprint density at radius 1 is 0.977 bits per heavy atom. The topological polar surface area (TPSA) is 111 Å². The summed E-state index contributed by atoms with van der Waals surface area (Å²) in [7, 11) is 1.53. The molecule has 11 heteroatoms. The summed E-state index contributed by atoms with van der Waals surface area (Å²) in [4.78, 5) is 28.6. The molecule has 1 saturated heterocycles. The molecular weight excluding hydrogens is 599 g/mol. The van der Waals surface area contributed by atoms with E-state index >= 15 is 0 Å². The van der Waals surface area contributed by atoms with Gasteiger partial charge in [-0.25, -0.2) is 0 Å².